The van der Waals surface area contributed by atoms with Crippen LogP contribution in [-0.4, -0.2) is 25.5 Å². The van der Waals surface area contributed by atoms with Crippen molar-refractivity contribution < 1.29 is 18.3 Å². The highest BCUT2D eigenvalue weighted by molar-refractivity contribution is 7.91. The monoisotopic (exact) mass is 325 g/mol. The van der Waals surface area contributed by atoms with Gasteiger partial charge < -0.3 is 5.11 Å². The third-order valence-electron chi connectivity index (χ3n) is 2.48. The van der Waals surface area contributed by atoms with Crippen LogP contribution in [0, 0.1) is 6.92 Å². The number of carboxylic acid groups (broad SMARTS) is 1. The highest BCUT2D eigenvalue weighted by Gasteiger charge is 2.23. The van der Waals surface area contributed by atoms with Gasteiger partial charge >= 0.3 is 5.97 Å². The van der Waals surface area contributed by atoms with Gasteiger partial charge in [0.1, 0.15) is 4.21 Å². The lowest BCUT2D eigenvalue weighted by atomic mass is 10.1. The number of aliphatic carboxylic acids is 1. The predicted octanol–water partition coefficient (Wildman–Crippen LogP) is 2.63. The third-order valence-corrected chi connectivity index (χ3v) is 6.03. The fourth-order valence-corrected chi connectivity index (χ4v) is 4.60. The summed E-state index contributed by atoms with van der Waals surface area (Å²) < 4.78 is 27.2. The van der Waals surface area contributed by atoms with E-state index >= 15 is 0 Å². The van der Waals surface area contributed by atoms with E-state index in [9.17, 15) is 13.2 Å². The van der Waals surface area contributed by atoms with Crippen molar-refractivity contribution in [3.63, 3.8) is 0 Å². The zero-order chi connectivity index (χ0) is 14.6. The van der Waals surface area contributed by atoms with Crippen LogP contribution in [-0.2, 0) is 14.8 Å². The van der Waals surface area contributed by atoms with E-state index in [2.05, 4.69) is 4.72 Å². The Bertz CT molecular complexity index is 534. The summed E-state index contributed by atoms with van der Waals surface area (Å²) in [6.45, 7) is 3.59. The Labute approximate surface area is 121 Å². The van der Waals surface area contributed by atoms with Crippen LogP contribution in [0.5, 0.6) is 0 Å². The van der Waals surface area contributed by atoms with Crippen molar-refractivity contribution in [2.24, 2.45) is 0 Å². The number of aryl methyl sites for hydroxylation is 1. The molecule has 0 aliphatic heterocycles. The fourth-order valence-electron chi connectivity index (χ4n) is 1.60. The van der Waals surface area contributed by atoms with Crippen molar-refractivity contribution in [3.05, 3.63) is 16.0 Å². The summed E-state index contributed by atoms with van der Waals surface area (Å²) in [4.78, 5) is 10.7. The average Bonchev–Trinajstić information content (AvgIpc) is 2.58. The maximum absolute atomic E-state index is 12.1. The van der Waals surface area contributed by atoms with Crippen molar-refractivity contribution >= 4 is 38.9 Å². The number of carbonyl (C=O) groups is 1. The van der Waals surface area contributed by atoms with Gasteiger partial charge in [-0.15, -0.1) is 11.3 Å². The first-order chi connectivity index (χ1) is 8.76. The lowest BCUT2D eigenvalue weighted by Crippen LogP contribution is -2.36. The molecular formula is C11H16ClNO4S2. The molecule has 1 aromatic heterocycles. The van der Waals surface area contributed by atoms with Gasteiger partial charge in [0.15, 0.2) is 0 Å². The van der Waals surface area contributed by atoms with Crippen molar-refractivity contribution in [1.29, 1.82) is 0 Å². The van der Waals surface area contributed by atoms with E-state index in [-0.39, 0.29) is 10.6 Å². The van der Waals surface area contributed by atoms with Gasteiger partial charge in [0.2, 0.25) is 10.0 Å². The second-order valence-corrected chi connectivity index (χ2v) is 7.82. The molecule has 8 heteroatoms. The third kappa shape index (κ3) is 4.76. The summed E-state index contributed by atoms with van der Waals surface area (Å²) in [6.07, 6.45) is 0.944. The number of carboxylic acids is 1. The highest BCUT2D eigenvalue weighted by Crippen LogP contribution is 2.30. The summed E-state index contributed by atoms with van der Waals surface area (Å²) >= 11 is 6.82. The van der Waals surface area contributed by atoms with Crippen molar-refractivity contribution in [3.8, 4) is 0 Å². The fraction of sp³-hybridized carbons (Fsp3) is 0.545. The van der Waals surface area contributed by atoms with Crippen LogP contribution < -0.4 is 4.72 Å². The maximum atomic E-state index is 12.1. The highest BCUT2D eigenvalue weighted by atomic mass is 35.5. The summed E-state index contributed by atoms with van der Waals surface area (Å²) in [6, 6.07) is 0.882. The Morgan fingerprint density at radius 2 is 2.21 bits per heavy atom. The van der Waals surface area contributed by atoms with Crippen molar-refractivity contribution in [2.75, 3.05) is 0 Å². The molecule has 1 aromatic rings. The number of hydrogen-bond donors (Lipinski definition) is 2. The SMILES string of the molecule is CCCC(CC(=O)O)NS(=O)(=O)c1cc(C)c(Cl)s1. The van der Waals surface area contributed by atoms with E-state index in [4.69, 9.17) is 16.7 Å². The molecular weight excluding hydrogens is 310 g/mol. The summed E-state index contributed by atoms with van der Waals surface area (Å²) in [7, 11) is -3.71. The first-order valence-corrected chi connectivity index (χ1v) is 8.44. The van der Waals surface area contributed by atoms with Crippen molar-refractivity contribution in [1.82, 2.24) is 4.72 Å². The Hall–Kier alpha value is -0.630. The van der Waals surface area contributed by atoms with Gasteiger partial charge in [-0.2, -0.15) is 0 Å². The molecule has 2 N–H and O–H groups in total. The molecule has 1 unspecified atom stereocenters. The van der Waals surface area contributed by atoms with Crippen LogP contribution in [0.3, 0.4) is 0 Å². The summed E-state index contributed by atoms with van der Waals surface area (Å²) in [5.74, 6) is -1.03. The molecule has 0 aliphatic carbocycles. The summed E-state index contributed by atoms with van der Waals surface area (Å²) in [5.41, 5.74) is 0.692. The molecule has 0 fully saturated rings. The van der Waals surface area contributed by atoms with Crippen LogP contribution in [0.1, 0.15) is 31.7 Å². The van der Waals surface area contributed by atoms with Gasteiger partial charge in [0, 0.05) is 6.04 Å². The minimum atomic E-state index is -3.71. The van der Waals surface area contributed by atoms with Gasteiger partial charge in [0.05, 0.1) is 10.8 Å². The van der Waals surface area contributed by atoms with Crippen LogP contribution in [0.15, 0.2) is 10.3 Å². The molecule has 19 heavy (non-hydrogen) atoms. The van der Waals surface area contributed by atoms with Gasteiger partial charge in [0.25, 0.3) is 0 Å². The largest absolute Gasteiger partial charge is 0.481 e. The second kappa shape index (κ2) is 6.69. The standard InChI is InChI=1S/C11H16ClNO4S2/c1-3-4-8(6-9(14)15)13-19(16,17)10-5-7(2)11(12)18-10/h5,8,13H,3-4,6H2,1-2H3,(H,14,15). The normalized spacial score (nSPS) is 13.4. The Kier molecular flexibility index (Phi) is 5.79. The summed E-state index contributed by atoms with van der Waals surface area (Å²) in [5, 5.41) is 8.77. The number of halogens is 1. The number of sulfonamides is 1. The van der Waals surface area contributed by atoms with E-state index in [0.29, 0.717) is 22.7 Å². The quantitative estimate of drug-likeness (QED) is 0.807. The molecule has 0 bridgehead atoms. The second-order valence-electron chi connectivity index (χ2n) is 4.23. The van der Waals surface area contributed by atoms with Crippen LogP contribution in [0.2, 0.25) is 4.34 Å². The van der Waals surface area contributed by atoms with Gasteiger partial charge in [-0.3, -0.25) is 4.79 Å². The lowest BCUT2D eigenvalue weighted by molar-refractivity contribution is -0.137. The van der Waals surface area contributed by atoms with Crippen LogP contribution in [0.25, 0.3) is 0 Å². The molecule has 5 nitrogen and oxygen atoms in total. The maximum Gasteiger partial charge on any atom is 0.304 e. The van der Waals surface area contributed by atoms with Crippen LogP contribution in [0.4, 0.5) is 0 Å². The van der Waals surface area contributed by atoms with E-state index in [1.54, 1.807) is 6.92 Å². The molecule has 0 spiro atoms. The van der Waals surface area contributed by atoms with Crippen molar-refractivity contribution in [2.45, 2.75) is 43.4 Å². The topological polar surface area (TPSA) is 83.5 Å². The molecule has 108 valence electrons. The molecule has 1 rings (SSSR count). The first kappa shape index (κ1) is 16.4. The molecule has 0 aromatic carbocycles. The van der Waals surface area contributed by atoms with E-state index < -0.39 is 22.0 Å². The Morgan fingerprint density at radius 3 is 2.63 bits per heavy atom. The number of hydrogen-bond acceptors (Lipinski definition) is 4. The van der Waals surface area contributed by atoms with Crippen LogP contribution >= 0.6 is 22.9 Å². The Morgan fingerprint density at radius 1 is 1.58 bits per heavy atom. The average molecular weight is 326 g/mol. The number of thiophene rings is 1. The lowest BCUT2D eigenvalue weighted by Gasteiger charge is -2.15. The zero-order valence-electron chi connectivity index (χ0n) is 10.6. The molecule has 0 aliphatic rings. The van der Waals surface area contributed by atoms with E-state index in [1.807, 2.05) is 6.92 Å². The molecule has 0 saturated heterocycles. The molecule has 1 heterocycles. The smallest absolute Gasteiger partial charge is 0.304 e. The number of nitrogens with one attached hydrogen (secondary N) is 1. The first-order valence-electron chi connectivity index (χ1n) is 5.76. The minimum Gasteiger partial charge on any atom is -0.481 e. The van der Waals surface area contributed by atoms with Gasteiger partial charge in [-0.25, -0.2) is 13.1 Å². The molecule has 0 amide bonds. The predicted molar refractivity (Wildman–Crippen MR) is 75.3 cm³/mol. The molecule has 1 atom stereocenters. The minimum absolute atomic E-state index is 0.112. The Balaban J connectivity index is 2.90. The zero-order valence-corrected chi connectivity index (χ0v) is 13.0. The molecule has 0 saturated carbocycles. The molecule has 0 radical (unpaired) electrons. The number of rotatable bonds is 7. The van der Waals surface area contributed by atoms with Gasteiger partial charge in [-0.1, -0.05) is 24.9 Å². The van der Waals surface area contributed by atoms with E-state index in [1.165, 1.54) is 6.07 Å². The van der Waals surface area contributed by atoms with Gasteiger partial charge in [-0.05, 0) is 25.0 Å². The van der Waals surface area contributed by atoms with E-state index in [0.717, 1.165) is 11.3 Å².